The van der Waals surface area contributed by atoms with Crippen molar-refractivity contribution in [1.82, 2.24) is 10.2 Å². The SMILES string of the molecule is CC1CC(NCCN(C)C)(C(=O)O)CS1. The number of carboxylic acids is 1. The molecule has 1 saturated heterocycles. The fourth-order valence-corrected chi connectivity index (χ4v) is 3.07. The van der Waals surface area contributed by atoms with Gasteiger partial charge in [-0.2, -0.15) is 11.8 Å². The van der Waals surface area contributed by atoms with Gasteiger partial charge in [0.1, 0.15) is 5.54 Å². The molecule has 0 aromatic heterocycles. The number of aliphatic carboxylic acids is 1. The fourth-order valence-electron chi connectivity index (χ4n) is 1.76. The summed E-state index contributed by atoms with van der Waals surface area (Å²) in [6, 6.07) is 0. The molecule has 0 spiro atoms. The molecule has 15 heavy (non-hydrogen) atoms. The fraction of sp³-hybridized carbons (Fsp3) is 0.900. The van der Waals surface area contributed by atoms with E-state index in [1.807, 2.05) is 19.0 Å². The average Bonchev–Trinajstić information content (AvgIpc) is 2.48. The number of nitrogens with zero attached hydrogens (tertiary/aromatic N) is 1. The van der Waals surface area contributed by atoms with Gasteiger partial charge in [-0.25, -0.2) is 0 Å². The Morgan fingerprint density at radius 3 is 2.73 bits per heavy atom. The van der Waals surface area contributed by atoms with Crippen LogP contribution in [0.15, 0.2) is 0 Å². The summed E-state index contributed by atoms with van der Waals surface area (Å²) in [5.74, 6) is -0.0326. The zero-order valence-corrected chi connectivity index (χ0v) is 10.4. The van der Waals surface area contributed by atoms with Gasteiger partial charge in [-0.05, 0) is 20.5 Å². The summed E-state index contributed by atoms with van der Waals surface area (Å²) in [6.45, 7) is 3.68. The van der Waals surface area contributed by atoms with E-state index in [4.69, 9.17) is 0 Å². The predicted octanol–water partition coefficient (Wildman–Crippen LogP) is 0.486. The van der Waals surface area contributed by atoms with Crippen LogP contribution in [0, 0.1) is 0 Å². The van der Waals surface area contributed by atoms with Crippen molar-refractivity contribution in [2.75, 3.05) is 32.9 Å². The van der Waals surface area contributed by atoms with E-state index in [0.717, 1.165) is 19.5 Å². The molecule has 1 heterocycles. The van der Waals surface area contributed by atoms with E-state index in [0.29, 0.717) is 11.0 Å². The van der Waals surface area contributed by atoms with Crippen LogP contribution in [0.2, 0.25) is 0 Å². The smallest absolute Gasteiger partial charge is 0.324 e. The van der Waals surface area contributed by atoms with Gasteiger partial charge in [0.25, 0.3) is 0 Å². The lowest BCUT2D eigenvalue weighted by molar-refractivity contribution is -0.143. The van der Waals surface area contributed by atoms with Crippen molar-refractivity contribution in [3.8, 4) is 0 Å². The first kappa shape index (κ1) is 12.8. The highest BCUT2D eigenvalue weighted by atomic mass is 32.2. The Bertz CT molecular complexity index is 235. The van der Waals surface area contributed by atoms with Gasteiger partial charge >= 0.3 is 5.97 Å². The molecule has 0 saturated carbocycles. The third-order valence-corrected chi connectivity index (χ3v) is 4.08. The van der Waals surface area contributed by atoms with Crippen LogP contribution in [0.25, 0.3) is 0 Å². The van der Waals surface area contributed by atoms with Crippen LogP contribution in [-0.4, -0.2) is 59.7 Å². The zero-order chi connectivity index (χ0) is 11.5. The summed E-state index contributed by atoms with van der Waals surface area (Å²) >= 11 is 1.73. The standard InChI is InChI=1S/C10H20N2O2S/c1-8-6-10(7-15-8,9(13)14)11-4-5-12(2)3/h8,11H,4-7H2,1-3H3,(H,13,14). The molecule has 5 heteroatoms. The van der Waals surface area contributed by atoms with Gasteiger partial charge in [0, 0.05) is 24.1 Å². The van der Waals surface area contributed by atoms with Crippen LogP contribution in [0.4, 0.5) is 0 Å². The van der Waals surface area contributed by atoms with Gasteiger partial charge in [-0.15, -0.1) is 0 Å². The maximum atomic E-state index is 11.3. The molecule has 0 bridgehead atoms. The summed E-state index contributed by atoms with van der Waals surface area (Å²) < 4.78 is 0. The maximum absolute atomic E-state index is 11.3. The third-order valence-electron chi connectivity index (χ3n) is 2.68. The second-order valence-electron chi connectivity index (χ2n) is 4.44. The lowest BCUT2D eigenvalue weighted by Gasteiger charge is -2.25. The van der Waals surface area contributed by atoms with Gasteiger partial charge < -0.3 is 10.0 Å². The van der Waals surface area contributed by atoms with E-state index in [1.54, 1.807) is 11.8 Å². The Kier molecular flexibility index (Phi) is 4.43. The molecule has 0 amide bonds. The Balaban J connectivity index is 2.48. The lowest BCUT2D eigenvalue weighted by atomic mass is 9.96. The minimum atomic E-state index is -0.710. The van der Waals surface area contributed by atoms with Gasteiger partial charge in [0.15, 0.2) is 0 Å². The monoisotopic (exact) mass is 232 g/mol. The van der Waals surface area contributed by atoms with Crippen molar-refractivity contribution in [2.45, 2.75) is 24.1 Å². The molecule has 2 unspecified atom stereocenters. The molecule has 0 radical (unpaired) electrons. The zero-order valence-electron chi connectivity index (χ0n) is 9.62. The molecule has 88 valence electrons. The van der Waals surface area contributed by atoms with Crippen molar-refractivity contribution >= 4 is 17.7 Å². The van der Waals surface area contributed by atoms with E-state index in [-0.39, 0.29) is 0 Å². The minimum Gasteiger partial charge on any atom is -0.480 e. The van der Waals surface area contributed by atoms with Crippen LogP contribution in [-0.2, 0) is 4.79 Å². The Morgan fingerprint density at radius 2 is 2.33 bits per heavy atom. The van der Waals surface area contributed by atoms with E-state index < -0.39 is 11.5 Å². The van der Waals surface area contributed by atoms with Crippen molar-refractivity contribution in [3.63, 3.8) is 0 Å². The largest absolute Gasteiger partial charge is 0.480 e. The normalized spacial score (nSPS) is 31.1. The highest BCUT2D eigenvalue weighted by molar-refractivity contribution is 8.00. The molecule has 2 N–H and O–H groups in total. The first-order valence-electron chi connectivity index (χ1n) is 5.21. The highest BCUT2D eigenvalue weighted by Gasteiger charge is 2.44. The maximum Gasteiger partial charge on any atom is 0.324 e. The number of hydrogen-bond donors (Lipinski definition) is 2. The van der Waals surface area contributed by atoms with Gasteiger partial charge in [0.05, 0.1) is 0 Å². The van der Waals surface area contributed by atoms with Crippen molar-refractivity contribution in [2.24, 2.45) is 0 Å². The van der Waals surface area contributed by atoms with E-state index >= 15 is 0 Å². The second-order valence-corrected chi connectivity index (χ2v) is 5.87. The molecule has 0 aromatic rings. The number of nitrogens with one attached hydrogen (secondary N) is 1. The number of carbonyl (C=O) groups is 1. The topological polar surface area (TPSA) is 52.6 Å². The summed E-state index contributed by atoms with van der Waals surface area (Å²) in [5.41, 5.74) is -0.694. The van der Waals surface area contributed by atoms with Crippen molar-refractivity contribution < 1.29 is 9.90 Å². The molecule has 2 atom stereocenters. The van der Waals surface area contributed by atoms with E-state index in [9.17, 15) is 9.90 Å². The van der Waals surface area contributed by atoms with Crippen molar-refractivity contribution in [3.05, 3.63) is 0 Å². The number of likely N-dealkylation sites (N-methyl/N-ethyl adjacent to an activating group) is 1. The average molecular weight is 232 g/mol. The number of carboxylic acid groups (broad SMARTS) is 1. The Morgan fingerprint density at radius 1 is 1.67 bits per heavy atom. The third kappa shape index (κ3) is 3.36. The Labute approximate surface area is 95.4 Å². The summed E-state index contributed by atoms with van der Waals surface area (Å²) in [7, 11) is 3.97. The van der Waals surface area contributed by atoms with E-state index in [1.165, 1.54) is 0 Å². The minimum absolute atomic E-state index is 0.438. The highest BCUT2D eigenvalue weighted by Crippen LogP contribution is 2.34. The molecule has 1 aliphatic heterocycles. The van der Waals surface area contributed by atoms with Crippen molar-refractivity contribution in [1.29, 1.82) is 0 Å². The molecular formula is C10H20N2O2S. The first-order valence-corrected chi connectivity index (χ1v) is 6.26. The molecule has 1 rings (SSSR count). The van der Waals surface area contributed by atoms with Crippen LogP contribution in [0.3, 0.4) is 0 Å². The van der Waals surface area contributed by atoms with Gasteiger partial charge in [-0.1, -0.05) is 6.92 Å². The Hall–Kier alpha value is -0.260. The molecule has 0 aliphatic carbocycles. The van der Waals surface area contributed by atoms with Crippen LogP contribution < -0.4 is 5.32 Å². The van der Waals surface area contributed by atoms with E-state index in [2.05, 4.69) is 12.2 Å². The van der Waals surface area contributed by atoms with Crippen LogP contribution >= 0.6 is 11.8 Å². The van der Waals surface area contributed by atoms with Gasteiger partial charge in [0.2, 0.25) is 0 Å². The molecule has 1 aliphatic rings. The predicted molar refractivity (Wildman–Crippen MR) is 63.5 cm³/mol. The summed E-state index contributed by atoms with van der Waals surface area (Å²) in [6.07, 6.45) is 0.723. The van der Waals surface area contributed by atoms with Gasteiger partial charge in [-0.3, -0.25) is 10.1 Å². The molecular weight excluding hydrogens is 212 g/mol. The van der Waals surface area contributed by atoms with Crippen LogP contribution in [0.1, 0.15) is 13.3 Å². The number of hydrogen-bond acceptors (Lipinski definition) is 4. The van der Waals surface area contributed by atoms with Crippen LogP contribution in [0.5, 0.6) is 0 Å². The molecule has 4 nitrogen and oxygen atoms in total. The summed E-state index contributed by atoms with van der Waals surface area (Å²) in [5, 5.41) is 12.9. The summed E-state index contributed by atoms with van der Waals surface area (Å²) in [4.78, 5) is 13.3. The number of rotatable bonds is 5. The molecule has 0 aromatic carbocycles. The lowest BCUT2D eigenvalue weighted by Crippen LogP contribution is -2.54. The first-order chi connectivity index (χ1) is 6.96. The number of thioether (sulfide) groups is 1. The quantitative estimate of drug-likeness (QED) is 0.722. The second kappa shape index (κ2) is 5.18. The molecule has 1 fully saturated rings.